The first-order valence-corrected chi connectivity index (χ1v) is 15.6. The Balaban J connectivity index is 1.26. The molecule has 6 heteroatoms. The van der Waals surface area contributed by atoms with Crippen molar-refractivity contribution in [3.63, 3.8) is 0 Å². The molecule has 5 aromatic heterocycles. The van der Waals surface area contributed by atoms with Crippen LogP contribution in [0.15, 0.2) is 152 Å². The molecule has 222 valence electrons. The van der Waals surface area contributed by atoms with Crippen LogP contribution in [0.25, 0.3) is 83.7 Å². The number of rotatable bonds is 5. The van der Waals surface area contributed by atoms with Gasteiger partial charge in [0, 0.05) is 64.4 Å². The second kappa shape index (κ2) is 10.9. The van der Waals surface area contributed by atoms with Crippen molar-refractivity contribution in [2.75, 3.05) is 0 Å². The highest BCUT2D eigenvalue weighted by molar-refractivity contribution is 6.11. The molecular weight excluding hydrogens is 576 g/mol. The van der Waals surface area contributed by atoms with Crippen LogP contribution in [-0.4, -0.2) is 29.1 Å². The molecule has 5 heterocycles. The molecule has 0 aliphatic carbocycles. The van der Waals surface area contributed by atoms with E-state index in [-0.39, 0.29) is 0 Å². The number of aromatic nitrogens is 6. The Labute approximate surface area is 271 Å². The lowest BCUT2D eigenvalue weighted by Gasteiger charge is -2.11. The SMILES string of the molecule is Cn1c(-c2ccc3c4cc(-c5ccccn5)ccc4n(-c4cccc(-c5ccccn5)c4)c3c2)nc2cc(-c3ccccn3)ccc21. The Bertz CT molecular complexity index is 2570. The van der Waals surface area contributed by atoms with Gasteiger partial charge in [0.2, 0.25) is 0 Å². The number of aryl methyl sites for hydroxylation is 1. The number of nitrogens with zero attached hydrogens (tertiary/aromatic N) is 6. The lowest BCUT2D eigenvalue weighted by molar-refractivity contribution is 0.959. The number of benzene rings is 4. The van der Waals surface area contributed by atoms with E-state index in [2.05, 4.69) is 116 Å². The maximum Gasteiger partial charge on any atom is 0.140 e. The van der Waals surface area contributed by atoms with Crippen LogP contribution in [0.4, 0.5) is 0 Å². The molecular formula is C41H28N6. The fraction of sp³-hybridized carbons (Fsp3) is 0.0244. The van der Waals surface area contributed by atoms with Crippen molar-refractivity contribution in [3.05, 3.63) is 152 Å². The molecule has 0 radical (unpaired) electrons. The third-order valence-electron chi connectivity index (χ3n) is 8.89. The van der Waals surface area contributed by atoms with E-state index in [0.29, 0.717) is 0 Å². The lowest BCUT2D eigenvalue weighted by Crippen LogP contribution is -1.96. The molecule has 9 rings (SSSR count). The Hall–Kier alpha value is -6.40. The van der Waals surface area contributed by atoms with Crippen molar-refractivity contribution in [1.29, 1.82) is 0 Å². The quantitative estimate of drug-likeness (QED) is 0.196. The zero-order valence-electron chi connectivity index (χ0n) is 25.6. The first-order valence-electron chi connectivity index (χ1n) is 15.6. The number of hydrogen-bond acceptors (Lipinski definition) is 4. The Morgan fingerprint density at radius 1 is 0.447 bits per heavy atom. The first kappa shape index (κ1) is 27.0. The van der Waals surface area contributed by atoms with E-state index in [1.54, 1.807) is 0 Å². The van der Waals surface area contributed by atoms with Crippen molar-refractivity contribution >= 4 is 32.8 Å². The van der Waals surface area contributed by atoms with Gasteiger partial charge in [-0.1, -0.05) is 54.6 Å². The normalized spacial score (nSPS) is 11.5. The molecule has 0 spiro atoms. The van der Waals surface area contributed by atoms with Gasteiger partial charge in [-0.2, -0.15) is 0 Å². The summed E-state index contributed by atoms with van der Waals surface area (Å²) in [5, 5.41) is 2.34. The highest BCUT2D eigenvalue weighted by atomic mass is 15.1. The second-order valence-electron chi connectivity index (χ2n) is 11.7. The van der Waals surface area contributed by atoms with Gasteiger partial charge in [0.05, 0.1) is 39.1 Å². The maximum atomic E-state index is 5.15. The standard InChI is InChI=1S/C41H28N6/c1-46-39-19-16-29(36-13-4-7-22-44-36)25-37(39)45-41(46)30-14-17-32-33-24-28(35-12-3-6-21-43-35)15-18-38(33)47(40(32)26-30)31-10-8-9-27(23-31)34-11-2-5-20-42-34/h2-26H,1H3. The maximum absolute atomic E-state index is 5.15. The fourth-order valence-corrected chi connectivity index (χ4v) is 6.62. The molecule has 0 atom stereocenters. The molecule has 6 nitrogen and oxygen atoms in total. The molecule has 0 saturated heterocycles. The van der Waals surface area contributed by atoms with Crippen molar-refractivity contribution in [2.24, 2.45) is 7.05 Å². The van der Waals surface area contributed by atoms with Gasteiger partial charge in [0.1, 0.15) is 5.82 Å². The molecule has 0 unspecified atom stereocenters. The van der Waals surface area contributed by atoms with Crippen molar-refractivity contribution in [3.8, 4) is 50.8 Å². The zero-order valence-corrected chi connectivity index (χ0v) is 25.6. The molecule has 47 heavy (non-hydrogen) atoms. The molecule has 9 aromatic rings. The van der Waals surface area contributed by atoms with E-state index in [1.807, 2.05) is 67.1 Å². The van der Waals surface area contributed by atoms with Gasteiger partial charge in [0.15, 0.2) is 0 Å². The number of fused-ring (bicyclic) bond motifs is 4. The first-order chi connectivity index (χ1) is 23.2. The van der Waals surface area contributed by atoms with Crippen LogP contribution in [-0.2, 0) is 7.05 Å². The molecule has 0 aliphatic heterocycles. The van der Waals surface area contributed by atoms with E-state index in [1.165, 1.54) is 10.8 Å². The monoisotopic (exact) mass is 604 g/mol. The lowest BCUT2D eigenvalue weighted by atomic mass is 10.1. The average molecular weight is 605 g/mol. The van der Waals surface area contributed by atoms with Crippen LogP contribution in [0.1, 0.15) is 0 Å². The Kier molecular flexibility index (Phi) is 6.25. The van der Waals surface area contributed by atoms with E-state index in [9.17, 15) is 0 Å². The van der Waals surface area contributed by atoms with Gasteiger partial charge in [-0.3, -0.25) is 15.0 Å². The van der Waals surface area contributed by atoms with E-state index < -0.39 is 0 Å². The highest BCUT2D eigenvalue weighted by Gasteiger charge is 2.18. The summed E-state index contributed by atoms with van der Waals surface area (Å²) < 4.78 is 4.53. The van der Waals surface area contributed by atoms with Gasteiger partial charge in [0.25, 0.3) is 0 Å². The summed E-state index contributed by atoms with van der Waals surface area (Å²) >= 11 is 0. The van der Waals surface area contributed by atoms with Crippen LogP contribution in [0.2, 0.25) is 0 Å². The van der Waals surface area contributed by atoms with E-state index >= 15 is 0 Å². The second-order valence-corrected chi connectivity index (χ2v) is 11.7. The molecule has 0 amide bonds. The Morgan fingerprint density at radius 2 is 1.06 bits per heavy atom. The van der Waals surface area contributed by atoms with Crippen LogP contribution in [0.5, 0.6) is 0 Å². The van der Waals surface area contributed by atoms with Crippen LogP contribution in [0, 0.1) is 0 Å². The van der Waals surface area contributed by atoms with Gasteiger partial charge in [-0.15, -0.1) is 0 Å². The fourth-order valence-electron chi connectivity index (χ4n) is 6.62. The zero-order chi connectivity index (χ0) is 31.3. The van der Waals surface area contributed by atoms with Gasteiger partial charge in [-0.25, -0.2) is 4.98 Å². The number of pyridine rings is 3. The van der Waals surface area contributed by atoms with Crippen LogP contribution in [0.3, 0.4) is 0 Å². The summed E-state index contributed by atoms with van der Waals surface area (Å²) in [5.41, 5.74) is 12.4. The van der Waals surface area contributed by atoms with Crippen molar-refractivity contribution < 1.29 is 0 Å². The average Bonchev–Trinajstić information content (AvgIpc) is 3.66. The summed E-state index contributed by atoms with van der Waals surface area (Å²) in [7, 11) is 2.08. The Morgan fingerprint density at radius 3 is 1.72 bits per heavy atom. The largest absolute Gasteiger partial charge is 0.327 e. The minimum atomic E-state index is 0.910. The minimum absolute atomic E-state index is 0.910. The third-order valence-corrected chi connectivity index (χ3v) is 8.89. The third kappa shape index (κ3) is 4.58. The molecule has 0 N–H and O–H groups in total. The van der Waals surface area contributed by atoms with Gasteiger partial charge in [-0.05, 0) is 78.9 Å². The van der Waals surface area contributed by atoms with Crippen molar-refractivity contribution in [2.45, 2.75) is 0 Å². The minimum Gasteiger partial charge on any atom is -0.327 e. The van der Waals surface area contributed by atoms with Gasteiger partial charge < -0.3 is 9.13 Å². The number of hydrogen-bond donors (Lipinski definition) is 0. The number of imidazole rings is 1. The van der Waals surface area contributed by atoms with Crippen LogP contribution >= 0.6 is 0 Å². The smallest absolute Gasteiger partial charge is 0.140 e. The summed E-state index contributed by atoms with van der Waals surface area (Å²) in [6.45, 7) is 0. The molecule has 0 fully saturated rings. The molecule has 0 saturated carbocycles. The van der Waals surface area contributed by atoms with E-state index in [4.69, 9.17) is 4.98 Å². The summed E-state index contributed by atoms with van der Waals surface area (Å²) in [5.74, 6) is 0.910. The predicted octanol–water partition coefficient (Wildman–Crippen LogP) is 9.52. The summed E-state index contributed by atoms with van der Waals surface area (Å²) in [6, 6.07) is 46.3. The molecule has 0 aliphatic rings. The van der Waals surface area contributed by atoms with Crippen LogP contribution < -0.4 is 0 Å². The van der Waals surface area contributed by atoms with E-state index in [0.717, 1.165) is 72.9 Å². The summed E-state index contributed by atoms with van der Waals surface area (Å²) in [6.07, 6.45) is 5.50. The predicted molar refractivity (Wildman–Crippen MR) is 190 cm³/mol. The molecule has 4 aromatic carbocycles. The topological polar surface area (TPSA) is 61.4 Å². The highest BCUT2D eigenvalue weighted by Crippen LogP contribution is 2.38. The van der Waals surface area contributed by atoms with Crippen molar-refractivity contribution in [1.82, 2.24) is 29.1 Å². The summed E-state index contributed by atoms with van der Waals surface area (Å²) in [4.78, 5) is 18.9. The van der Waals surface area contributed by atoms with Gasteiger partial charge >= 0.3 is 0 Å². The molecule has 0 bridgehead atoms.